The summed E-state index contributed by atoms with van der Waals surface area (Å²) in [5.74, 6) is 1.71. The van der Waals surface area contributed by atoms with E-state index < -0.39 is 0 Å². The number of hydrogen-bond donors (Lipinski definition) is 2. The molecule has 2 N–H and O–H groups in total. The van der Waals surface area contributed by atoms with Gasteiger partial charge in [0, 0.05) is 5.69 Å². The average molecular weight is 376 g/mol. The van der Waals surface area contributed by atoms with Gasteiger partial charge < -0.3 is 15.4 Å². The van der Waals surface area contributed by atoms with Gasteiger partial charge in [-0.1, -0.05) is 29.8 Å². The fraction of sp³-hybridized carbons (Fsp3) is 0.227. The highest BCUT2D eigenvalue weighted by Gasteiger charge is 2.06. The van der Waals surface area contributed by atoms with Crippen molar-refractivity contribution in [2.75, 3.05) is 10.6 Å². The molecule has 0 aliphatic rings. The molecule has 0 spiro atoms. The lowest BCUT2D eigenvalue weighted by Gasteiger charge is -2.11. The third-order valence-electron chi connectivity index (χ3n) is 3.88. The number of carbonyl (C=O) groups is 1. The molecule has 6 heteroatoms. The van der Waals surface area contributed by atoms with Crippen LogP contribution in [-0.2, 0) is 11.2 Å². The summed E-state index contributed by atoms with van der Waals surface area (Å²) in [7, 11) is 0. The molecule has 0 fully saturated rings. The third-order valence-corrected chi connectivity index (χ3v) is 3.88. The Balaban J connectivity index is 1.55. The van der Waals surface area contributed by atoms with E-state index in [2.05, 4.69) is 20.8 Å². The van der Waals surface area contributed by atoms with Crippen LogP contribution in [0.3, 0.4) is 0 Å². The van der Waals surface area contributed by atoms with Crippen LogP contribution in [0.5, 0.6) is 5.75 Å². The Labute approximate surface area is 165 Å². The molecule has 6 nitrogen and oxygen atoms in total. The summed E-state index contributed by atoms with van der Waals surface area (Å²) in [6.45, 7) is 5.98. The third kappa shape index (κ3) is 5.81. The summed E-state index contributed by atoms with van der Waals surface area (Å²) in [5, 5.41) is 14.1. The Hall–Kier alpha value is -3.41. The van der Waals surface area contributed by atoms with E-state index in [1.807, 2.05) is 69.3 Å². The number of nitrogens with one attached hydrogen (secondary N) is 2. The van der Waals surface area contributed by atoms with Gasteiger partial charge in [0.15, 0.2) is 11.6 Å². The van der Waals surface area contributed by atoms with Gasteiger partial charge in [-0.05, 0) is 62.7 Å². The maximum absolute atomic E-state index is 12.2. The lowest BCUT2D eigenvalue weighted by atomic mass is 10.1. The zero-order chi connectivity index (χ0) is 19.9. The molecule has 28 heavy (non-hydrogen) atoms. The molecule has 144 valence electrons. The molecule has 0 unspecified atom stereocenters. The molecule has 0 radical (unpaired) electrons. The number of amides is 1. The summed E-state index contributed by atoms with van der Waals surface area (Å²) >= 11 is 0. The van der Waals surface area contributed by atoms with Gasteiger partial charge in [-0.15, -0.1) is 10.2 Å². The molecule has 3 aromatic rings. The van der Waals surface area contributed by atoms with E-state index in [9.17, 15) is 4.79 Å². The van der Waals surface area contributed by atoms with E-state index in [1.54, 1.807) is 12.1 Å². The number of hydrogen-bond acceptors (Lipinski definition) is 5. The molecule has 3 rings (SSSR count). The molecule has 0 aliphatic heterocycles. The van der Waals surface area contributed by atoms with E-state index in [-0.39, 0.29) is 12.0 Å². The van der Waals surface area contributed by atoms with Crippen molar-refractivity contribution in [3.8, 4) is 5.75 Å². The van der Waals surface area contributed by atoms with Crippen molar-refractivity contribution in [3.63, 3.8) is 0 Å². The minimum Gasteiger partial charge on any atom is -0.491 e. The smallest absolute Gasteiger partial charge is 0.229 e. The second-order valence-corrected chi connectivity index (χ2v) is 6.83. The second-order valence-electron chi connectivity index (χ2n) is 6.83. The van der Waals surface area contributed by atoms with Gasteiger partial charge in [-0.3, -0.25) is 4.79 Å². The highest BCUT2D eigenvalue weighted by Crippen LogP contribution is 2.20. The first kappa shape index (κ1) is 19.4. The van der Waals surface area contributed by atoms with Crippen LogP contribution in [0.2, 0.25) is 0 Å². The fourth-order valence-electron chi connectivity index (χ4n) is 2.70. The van der Waals surface area contributed by atoms with Crippen molar-refractivity contribution >= 4 is 23.2 Å². The Morgan fingerprint density at radius 1 is 1.00 bits per heavy atom. The Morgan fingerprint density at radius 2 is 1.71 bits per heavy atom. The molecule has 1 aromatic heterocycles. The quantitative estimate of drug-likeness (QED) is 0.635. The minimum absolute atomic E-state index is 0.124. The summed E-state index contributed by atoms with van der Waals surface area (Å²) < 4.78 is 5.63. The number of carbonyl (C=O) groups excluding carboxylic acids is 1. The standard InChI is InChI=1S/C22H24N4O2/c1-15(2)28-19-9-7-18(8-10-19)23-20-11-12-21(26-25-20)24-22(27)14-17-6-4-5-16(3)13-17/h4-13,15H,14H2,1-3H3,(H,23,25)(H,24,26,27). The predicted octanol–water partition coefficient (Wildman–Crippen LogP) is 4.50. The number of benzene rings is 2. The zero-order valence-corrected chi connectivity index (χ0v) is 16.3. The van der Waals surface area contributed by atoms with Crippen molar-refractivity contribution in [2.24, 2.45) is 0 Å². The topological polar surface area (TPSA) is 76.1 Å². The van der Waals surface area contributed by atoms with Gasteiger partial charge in [0.1, 0.15) is 5.75 Å². The van der Waals surface area contributed by atoms with Gasteiger partial charge in [0.05, 0.1) is 12.5 Å². The molecule has 0 saturated carbocycles. The average Bonchev–Trinajstić information content (AvgIpc) is 2.64. The molecule has 1 heterocycles. The highest BCUT2D eigenvalue weighted by atomic mass is 16.5. The van der Waals surface area contributed by atoms with Gasteiger partial charge in [0.2, 0.25) is 5.91 Å². The first-order valence-electron chi connectivity index (χ1n) is 9.21. The van der Waals surface area contributed by atoms with Crippen LogP contribution in [0, 0.1) is 6.92 Å². The summed E-state index contributed by atoms with van der Waals surface area (Å²) in [4.78, 5) is 12.2. The first-order chi connectivity index (χ1) is 13.5. The maximum atomic E-state index is 12.2. The highest BCUT2D eigenvalue weighted by molar-refractivity contribution is 5.91. The van der Waals surface area contributed by atoms with Gasteiger partial charge in [-0.25, -0.2) is 0 Å². The van der Waals surface area contributed by atoms with Crippen molar-refractivity contribution < 1.29 is 9.53 Å². The maximum Gasteiger partial charge on any atom is 0.229 e. The summed E-state index contributed by atoms with van der Waals surface area (Å²) in [6.07, 6.45) is 0.437. The Kier molecular flexibility index (Phi) is 6.22. The lowest BCUT2D eigenvalue weighted by molar-refractivity contribution is -0.115. The van der Waals surface area contributed by atoms with Gasteiger partial charge >= 0.3 is 0 Å². The van der Waals surface area contributed by atoms with Crippen molar-refractivity contribution in [2.45, 2.75) is 33.3 Å². The number of ether oxygens (including phenoxy) is 1. The lowest BCUT2D eigenvalue weighted by Crippen LogP contribution is -2.15. The molecule has 0 atom stereocenters. The van der Waals surface area contributed by atoms with Crippen molar-refractivity contribution in [1.82, 2.24) is 10.2 Å². The molecule has 1 amide bonds. The van der Waals surface area contributed by atoms with Crippen LogP contribution < -0.4 is 15.4 Å². The second kappa shape index (κ2) is 8.99. The van der Waals surface area contributed by atoms with Crippen LogP contribution in [-0.4, -0.2) is 22.2 Å². The normalized spacial score (nSPS) is 10.6. The van der Waals surface area contributed by atoms with Crippen LogP contribution in [0.15, 0.2) is 60.7 Å². The summed E-state index contributed by atoms with van der Waals surface area (Å²) in [5.41, 5.74) is 2.97. The molecular weight excluding hydrogens is 352 g/mol. The van der Waals surface area contributed by atoms with E-state index in [1.165, 1.54) is 0 Å². The summed E-state index contributed by atoms with van der Waals surface area (Å²) in [6, 6.07) is 19.0. The Morgan fingerprint density at radius 3 is 2.36 bits per heavy atom. The van der Waals surface area contributed by atoms with Crippen LogP contribution >= 0.6 is 0 Å². The monoisotopic (exact) mass is 376 g/mol. The van der Waals surface area contributed by atoms with E-state index in [0.29, 0.717) is 18.1 Å². The van der Waals surface area contributed by atoms with E-state index in [0.717, 1.165) is 22.6 Å². The minimum atomic E-state index is -0.124. The van der Waals surface area contributed by atoms with Crippen LogP contribution in [0.1, 0.15) is 25.0 Å². The van der Waals surface area contributed by atoms with Crippen molar-refractivity contribution in [3.05, 3.63) is 71.8 Å². The number of anilines is 3. The molecule has 2 aromatic carbocycles. The van der Waals surface area contributed by atoms with Crippen molar-refractivity contribution in [1.29, 1.82) is 0 Å². The number of aromatic nitrogens is 2. The molecule has 0 aliphatic carbocycles. The fourth-order valence-corrected chi connectivity index (χ4v) is 2.70. The number of nitrogens with zero attached hydrogens (tertiary/aromatic N) is 2. The number of aryl methyl sites for hydroxylation is 1. The van der Waals surface area contributed by atoms with Gasteiger partial charge in [0.25, 0.3) is 0 Å². The molecular formula is C22H24N4O2. The first-order valence-corrected chi connectivity index (χ1v) is 9.21. The molecule has 0 bridgehead atoms. The number of rotatable bonds is 7. The van der Waals surface area contributed by atoms with E-state index in [4.69, 9.17) is 4.74 Å². The van der Waals surface area contributed by atoms with Crippen LogP contribution in [0.4, 0.5) is 17.3 Å². The zero-order valence-electron chi connectivity index (χ0n) is 16.3. The largest absolute Gasteiger partial charge is 0.491 e. The molecule has 0 saturated heterocycles. The SMILES string of the molecule is Cc1cccc(CC(=O)Nc2ccc(Nc3ccc(OC(C)C)cc3)nn2)c1. The van der Waals surface area contributed by atoms with Gasteiger partial charge in [-0.2, -0.15) is 0 Å². The predicted molar refractivity (Wildman–Crippen MR) is 111 cm³/mol. The van der Waals surface area contributed by atoms with E-state index >= 15 is 0 Å². The Bertz CT molecular complexity index is 922. The van der Waals surface area contributed by atoms with Crippen LogP contribution in [0.25, 0.3) is 0 Å².